The van der Waals surface area contributed by atoms with Gasteiger partial charge in [-0.05, 0) is 12.0 Å². The van der Waals surface area contributed by atoms with Crippen LogP contribution in [-0.4, -0.2) is 29.6 Å². The van der Waals surface area contributed by atoms with Crippen molar-refractivity contribution < 1.29 is 19.4 Å². The van der Waals surface area contributed by atoms with Crippen LogP contribution in [0.5, 0.6) is 0 Å². The highest BCUT2D eigenvalue weighted by atomic mass is 16.5. The van der Waals surface area contributed by atoms with Gasteiger partial charge in [-0.25, -0.2) is 4.79 Å². The Bertz CT molecular complexity index is 447. The Morgan fingerprint density at radius 1 is 1.29 bits per heavy atom. The van der Waals surface area contributed by atoms with Crippen LogP contribution < -0.4 is 5.32 Å². The molecule has 1 aromatic carbocycles. The number of hydrogen-bond acceptors (Lipinski definition) is 4. The lowest BCUT2D eigenvalue weighted by Gasteiger charge is -2.17. The first-order chi connectivity index (χ1) is 10.0. The molecule has 0 bridgehead atoms. The highest BCUT2D eigenvalue weighted by Crippen LogP contribution is 2.09. The van der Waals surface area contributed by atoms with Crippen LogP contribution in [0.4, 0.5) is 4.79 Å². The van der Waals surface area contributed by atoms with Crippen molar-refractivity contribution >= 4 is 11.9 Å². The van der Waals surface area contributed by atoms with Crippen molar-refractivity contribution in [2.24, 2.45) is 5.92 Å². The first kappa shape index (κ1) is 17.2. The van der Waals surface area contributed by atoms with Gasteiger partial charge in [-0.15, -0.1) is 0 Å². The van der Waals surface area contributed by atoms with Gasteiger partial charge in [-0.2, -0.15) is 0 Å². The van der Waals surface area contributed by atoms with E-state index in [1.54, 1.807) is 13.8 Å². The third-order valence-corrected chi connectivity index (χ3v) is 3.36. The van der Waals surface area contributed by atoms with E-state index in [-0.39, 0.29) is 18.9 Å². The fourth-order valence-electron chi connectivity index (χ4n) is 1.88. The fraction of sp³-hybridized carbons (Fsp3) is 0.500. The van der Waals surface area contributed by atoms with Gasteiger partial charge in [0.15, 0.2) is 0 Å². The third-order valence-electron chi connectivity index (χ3n) is 3.36. The van der Waals surface area contributed by atoms with E-state index in [9.17, 15) is 14.7 Å². The maximum atomic E-state index is 11.5. The van der Waals surface area contributed by atoms with Gasteiger partial charge < -0.3 is 15.2 Å². The number of ketones is 1. The van der Waals surface area contributed by atoms with Crippen LogP contribution in [0.1, 0.15) is 32.3 Å². The summed E-state index contributed by atoms with van der Waals surface area (Å²) < 4.78 is 5.04. The molecule has 5 nitrogen and oxygen atoms in total. The standard InChI is InChI=1S/C16H23NO4/c1-3-14(18)12(2)15(19)9-10-17-16(20)21-11-13-7-5-4-6-8-13/h4-8,12,15,19H,3,9-11H2,1-2H3,(H,17,20). The van der Waals surface area contributed by atoms with Gasteiger partial charge in [-0.1, -0.05) is 44.2 Å². The number of Topliss-reactive ketones (excluding diaryl/α,β-unsaturated/α-hetero) is 1. The minimum atomic E-state index is -0.744. The number of rotatable bonds is 8. The molecule has 0 heterocycles. The van der Waals surface area contributed by atoms with Crippen LogP contribution in [0.15, 0.2) is 30.3 Å². The van der Waals surface area contributed by atoms with Crippen molar-refractivity contribution in [3.8, 4) is 0 Å². The van der Waals surface area contributed by atoms with Gasteiger partial charge in [0.1, 0.15) is 12.4 Å². The van der Waals surface area contributed by atoms with E-state index >= 15 is 0 Å². The van der Waals surface area contributed by atoms with Crippen molar-refractivity contribution in [2.75, 3.05) is 6.54 Å². The molecule has 0 spiro atoms. The second-order valence-corrected chi connectivity index (χ2v) is 4.95. The monoisotopic (exact) mass is 293 g/mol. The van der Waals surface area contributed by atoms with Gasteiger partial charge in [0.05, 0.1) is 6.10 Å². The van der Waals surface area contributed by atoms with Crippen LogP contribution in [0.25, 0.3) is 0 Å². The van der Waals surface area contributed by atoms with Gasteiger partial charge in [0.25, 0.3) is 0 Å². The zero-order valence-electron chi connectivity index (χ0n) is 12.5. The maximum Gasteiger partial charge on any atom is 0.407 e. The Kier molecular flexibility index (Phi) is 7.46. The average molecular weight is 293 g/mol. The van der Waals surface area contributed by atoms with Crippen LogP contribution in [-0.2, 0) is 16.1 Å². The average Bonchev–Trinajstić information content (AvgIpc) is 2.52. The van der Waals surface area contributed by atoms with Crippen molar-refractivity contribution in [3.05, 3.63) is 35.9 Å². The number of ether oxygens (including phenoxy) is 1. The lowest BCUT2D eigenvalue weighted by molar-refractivity contribution is -0.125. The minimum Gasteiger partial charge on any atom is -0.445 e. The van der Waals surface area contributed by atoms with E-state index in [2.05, 4.69) is 5.32 Å². The van der Waals surface area contributed by atoms with Crippen molar-refractivity contribution in [2.45, 2.75) is 39.4 Å². The number of carbonyl (C=O) groups is 2. The topological polar surface area (TPSA) is 75.6 Å². The Labute approximate surface area is 125 Å². The Balaban J connectivity index is 2.20. The molecule has 0 saturated carbocycles. The molecule has 5 heteroatoms. The molecule has 1 rings (SSSR count). The summed E-state index contributed by atoms with van der Waals surface area (Å²) in [6, 6.07) is 9.38. The number of alkyl carbamates (subject to hydrolysis) is 1. The highest BCUT2D eigenvalue weighted by Gasteiger charge is 2.20. The molecule has 0 saturated heterocycles. The van der Waals surface area contributed by atoms with Gasteiger partial charge >= 0.3 is 6.09 Å². The number of carbonyl (C=O) groups excluding carboxylic acids is 2. The molecule has 21 heavy (non-hydrogen) atoms. The van der Waals surface area contributed by atoms with Crippen LogP contribution in [0.2, 0.25) is 0 Å². The summed E-state index contributed by atoms with van der Waals surface area (Å²) in [7, 11) is 0. The summed E-state index contributed by atoms with van der Waals surface area (Å²) >= 11 is 0. The molecule has 0 aliphatic rings. The summed E-state index contributed by atoms with van der Waals surface area (Å²) in [6.07, 6.45) is -0.537. The quantitative estimate of drug-likeness (QED) is 0.771. The molecule has 1 amide bonds. The van der Waals surface area contributed by atoms with Crippen LogP contribution >= 0.6 is 0 Å². The number of hydrogen-bond donors (Lipinski definition) is 2. The Hall–Kier alpha value is -1.88. The Morgan fingerprint density at radius 3 is 2.57 bits per heavy atom. The van der Waals surface area contributed by atoms with Crippen LogP contribution in [0.3, 0.4) is 0 Å². The molecule has 0 aromatic heterocycles. The number of nitrogens with one attached hydrogen (secondary N) is 1. The van der Waals surface area contributed by atoms with E-state index in [1.165, 1.54) is 0 Å². The number of aliphatic hydroxyl groups is 1. The molecule has 116 valence electrons. The van der Waals surface area contributed by atoms with E-state index in [4.69, 9.17) is 4.74 Å². The lowest BCUT2D eigenvalue weighted by atomic mass is 9.96. The summed E-state index contributed by atoms with van der Waals surface area (Å²) in [5.74, 6) is -0.383. The molecular weight excluding hydrogens is 270 g/mol. The zero-order chi connectivity index (χ0) is 15.7. The summed E-state index contributed by atoms with van der Waals surface area (Å²) in [5.41, 5.74) is 0.912. The molecule has 0 aliphatic carbocycles. The highest BCUT2D eigenvalue weighted by molar-refractivity contribution is 5.80. The number of benzene rings is 1. The maximum absolute atomic E-state index is 11.5. The second-order valence-electron chi connectivity index (χ2n) is 4.95. The van der Waals surface area contributed by atoms with E-state index < -0.39 is 18.1 Å². The number of aliphatic hydroxyl groups excluding tert-OH is 1. The molecule has 0 aliphatic heterocycles. The molecule has 2 N–H and O–H groups in total. The van der Waals surface area contributed by atoms with E-state index in [1.807, 2.05) is 30.3 Å². The lowest BCUT2D eigenvalue weighted by Crippen LogP contribution is -2.32. The number of amides is 1. The molecule has 0 fully saturated rings. The molecule has 1 aromatic rings. The minimum absolute atomic E-state index is 0.0224. The zero-order valence-corrected chi connectivity index (χ0v) is 12.5. The normalized spacial score (nSPS) is 13.3. The largest absolute Gasteiger partial charge is 0.445 e. The van der Waals surface area contributed by atoms with Gasteiger partial charge in [0, 0.05) is 18.9 Å². The fourth-order valence-corrected chi connectivity index (χ4v) is 1.88. The van der Waals surface area contributed by atoms with E-state index in [0.717, 1.165) is 5.56 Å². The van der Waals surface area contributed by atoms with Crippen molar-refractivity contribution in [1.82, 2.24) is 5.32 Å². The first-order valence-electron chi connectivity index (χ1n) is 7.20. The molecule has 0 radical (unpaired) electrons. The molecule has 2 atom stereocenters. The van der Waals surface area contributed by atoms with Gasteiger partial charge in [0.2, 0.25) is 0 Å². The van der Waals surface area contributed by atoms with E-state index in [0.29, 0.717) is 12.8 Å². The summed E-state index contributed by atoms with van der Waals surface area (Å²) in [4.78, 5) is 22.9. The first-order valence-corrected chi connectivity index (χ1v) is 7.20. The smallest absolute Gasteiger partial charge is 0.407 e. The van der Waals surface area contributed by atoms with Crippen molar-refractivity contribution in [1.29, 1.82) is 0 Å². The Morgan fingerprint density at radius 2 is 1.95 bits per heavy atom. The van der Waals surface area contributed by atoms with Crippen LogP contribution in [0, 0.1) is 5.92 Å². The second kappa shape index (κ2) is 9.13. The summed E-state index contributed by atoms with van der Waals surface area (Å²) in [5, 5.41) is 12.4. The predicted molar refractivity (Wildman–Crippen MR) is 79.7 cm³/mol. The SMILES string of the molecule is CCC(=O)C(C)C(O)CCNC(=O)OCc1ccccc1. The molecular formula is C16H23NO4. The summed E-state index contributed by atoms with van der Waals surface area (Å²) in [6.45, 7) is 3.95. The van der Waals surface area contributed by atoms with Gasteiger partial charge in [-0.3, -0.25) is 4.79 Å². The third kappa shape index (κ3) is 6.40. The van der Waals surface area contributed by atoms with Crippen molar-refractivity contribution in [3.63, 3.8) is 0 Å². The predicted octanol–water partition coefficient (Wildman–Crippen LogP) is 2.28. The molecule has 2 unspecified atom stereocenters.